The number of nitrogens with one attached hydrogen (secondary N) is 1. The maximum atomic E-state index is 12.5. The number of ether oxygens (including phenoxy) is 1. The van der Waals surface area contributed by atoms with Crippen LogP contribution in [0.4, 0.5) is 0 Å². The van der Waals surface area contributed by atoms with Crippen LogP contribution in [-0.2, 0) is 17.8 Å². The lowest BCUT2D eigenvalue weighted by Gasteiger charge is -2.15. The zero-order chi connectivity index (χ0) is 16.2. The molecule has 6 heteroatoms. The van der Waals surface area contributed by atoms with E-state index in [-0.39, 0.29) is 5.91 Å². The molecule has 0 aliphatic heterocycles. The Morgan fingerprint density at radius 1 is 1.43 bits per heavy atom. The molecule has 0 spiro atoms. The summed E-state index contributed by atoms with van der Waals surface area (Å²) in [6.07, 6.45) is 3.99. The van der Waals surface area contributed by atoms with Crippen molar-refractivity contribution >= 4 is 28.1 Å². The summed E-state index contributed by atoms with van der Waals surface area (Å²) in [4.78, 5) is 21.6. The third-order valence-corrected chi connectivity index (χ3v) is 4.44. The van der Waals surface area contributed by atoms with Gasteiger partial charge in [-0.1, -0.05) is 6.07 Å². The van der Waals surface area contributed by atoms with Gasteiger partial charge >= 0.3 is 0 Å². The molecule has 3 aromatic rings. The number of hydrogen-bond donors (Lipinski definition) is 1. The molecule has 1 amide bonds. The van der Waals surface area contributed by atoms with E-state index in [2.05, 4.69) is 9.97 Å². The lowest BCUT2D eigenvalue weighted by atomic mass is 10.1. The van der Waals surface area contributed by atoms with Crippen molar-refractivity contribution in [2.24, 2.45) is 0 Å². The molecule has 0 atom stereocenters. The lowest BCUT2D eigenvalue weighted by molar-refractivity contribution is -0.129. The van der Waals surface area contributed by atoms with Gasteiger partial charge in [0.1, 0.15) is 10.8 Å². The monoisotopic (exact) mass is 329 g/mol. The fourth-order valence-electron chi connectivity index (χ4n) is 2.55. The van der Waals surface area contributed by atoms with E-state index in [0.29, 0.717) is 19.6 Å². The minimum Gasteiger partial charge on any atom is -0.493 e. The number of carbonyl (C=O) groups excluding carboxylic acids is 1. The molecule has 23 heavy (non-hydrogen) atoms. The predicted octanol–water partition coefficient (Wildman–Crippen LogP) is 3.22. The van der Waals surface area contributed by atoms with Crippen LogP contribution >= 0.6 is 11.3 Å². The number of carbonyl (C=O) groups is 1. The summed E-state index contributed by atoms with van der Waals surface area (Å²) in [5.41, 5.74) is 1.95. The summed E-state index contributed by atoms with van der Waals surface area (Å²) in [6.45, 7) is 3.09. The van der Waals surface area contributed by atoms with Gasteiger partial charge in [0, 0.05) is 35.7 Å². The highest BCUT2D eigenvalue weighted by atomic mass is 32.1. The molecular formula is C17H19N3O2S. The van der Waals surface area contributed by atoms with E-state index >= 15 is 0 Å². The van der Waals surface area contributed by atoms with Crippen molar-refractivity contribution < 1.29 is 9.53 Å². The van der Waals surface area contributed by atoms with Crippen LogP contribution in [0.3, 0.4) is 0 Å². The number of aromatic amines is 1. The highest BCUT2D eigenvalue weighted by molar-refractivity contribution is 7.09. The van der Waals surface area contributed by atoms with E-state index in [1.807, 2.05) is 43.7 Å². The van der Waals surface area contributed by atoms with Crippen molar-refractivity contribution in [1.82, 2.24) is 14.9 Å². The first kappa shape index (κ1) is 15.6. The third kappa shape index (κ3) is 3.37. The fraction of sp³-hybridized carbons (Fsp3) is 0.294. The first-order valence-corrected chi connectivity index (χ1v) is 8.41. The van der Waals surface area contributed by atoms with Gasteiger partial charge in [-0.15, -0.1) is 11.3 Å². The molecule has 2 aromatic heterocycles. The molecule has 2 heterocycles. The van der Waals surface area contributed by atoms with E-state index in [4.69, 9.17) is 4.74 Å². The molecular weight excluding hydrogens is 310 g/mol. The Hall–Kier alpha value is -2.34. The molecule has 0 unspecified atom stereocenters. The second-order valence-electron chi connectivity index (χ2n) is 5.28. The second-order valence-corrected chi connectivity index (χ2v) is 6.26. The van der Waals surface area contributed by atoms with Crippen molar-refractivity contribution in [1.29, 1.82) is 0 Å². The van der Waals surface area contributed by atoms with Crippen molar-refractivity contribution in [3.8, 4) is 5.75 Å². The highest BCUT2D eigenvalue weighted by Crippen LogP contribution is 2.29. The maximum absolute atomic E-state index is 12.5. The summed E-state index contributed by atoms with van der Waals surface area (Å²) in [7, 11) is 1.81. The van der Waals surface area contributed by atoms with Crippen molar-refractivity contribution in [2.75, 3.05) is 13.7 Å². The van der Waals surface area contributed by atoms with Gasteiger partial charge in [-0.05, 0) is 24.6 Å². The molecule has 0 bridgehead atoms. The number of nitrogens with zero attached hydrogens (tertiary/aromatic N) is 2. The summed E-state index contributed by atoms with van der Waals surface area (Å²) < 4.78 is 5.69. The predicted molar refractivity (Wildman–Crippen MR) is 91.8 cm³/mol. The third-order valence-electron chi connectivity index (χ3n) is 3.67. The minimum absolute atomic E-state index is 0.0624. The zero-order valence-electron chi connectivity index (χ0n) is 13.2. The van der Waals surface area contributed by atoms with Crippen molar-refractivity contribution in [2.45, 2.75) is 19.9 Å². The quantitative estimate of drug-likeness (QED) is 0.755. The van der Waals surface area contributed by atoms with Crippen LogP contribution in [0, 0.1) is 0 Å². The number of amides is 1. The Kier molecular flexibility index (Phi) is 4.62. The molecule has 3 rings (SSSR count). The number of rotatable bonds is 6. The Morgan fingerprint density at radius 3 is 3.04 bits per heavy atom. The Balaban J connectivity index is 1.79. The zero-order valence-corrected chi connectivity index (χ0v) is 14.0. The van der Waals surface area contributed by atoms with Gasteiger partial charge in [0.2, 0.25) is 5.91 Å². The molecule has 1 aromatic carbocycles. The van der Waals surface area contributed by atoms with Crippen LogP contribution in [-0.4, -0.2) is 34.4 Å². The average Bonchev–Trinajstić information content (AvgIpc) is 3.18. The summed E-state index contributed by atoms with van der Waals surface area (Å²) in [5.74, 6) is 0.879. The van der Waals surface area contributed by atoms with Crippen LogP contribution in [0.15, 0.2) is 36.0 Å². The molecule has 120 valence electrons. The molecule has 0 saturated heterocycles. The number of benzene rings is 1. The number of hydrogen-bond acceptors (Lipinski definition) is 4. The van der Waals surface area contributed by atoms with E-state index in [1.165, 1.54) is 0 Å². The molecule has 0 aliphatic rings. The van der Waals surface area contributed by atoms with Gasteiger partial charge in [-0.3, -0.25) is 4.79 Å². The van der Waals surface area contributed by atoms with Crippen LogP contribution in [0.1, 0.15) is 17.5 Å². The van der Waals surface area contributed by atoms with Crippen molar-refractivity contribution in [3.05, 3.63) is 46.5 Å². The number of H-pyrrole nitrogens is 1. The Morgan fingerprint density at radius 2 is 2.30 bits per heavy atom. The van der Waals surface area contributed by atoms with Crippen LogP contribution < -0.4 is 4.74 Å². The standard InChI is InChI=1S/C17H19N3O2S/c1-3-22-14-6-4-5-13-17(14)12(10-19-13)9-16(21)20(2)11-15-18-7-8-23-15/h4-8,10,19H,3,9,11H2,1-2H3. The summed E-state index contributed by atoms with van der Waals surface area (Å²) in [5, 5.41) is 3.85. The second kappa shape index (κ2) is 6.83. The molecule has 5 nitrogen and oxygen atoms in total. The smallest absolute Gasteiger partial charge is 0.227 e. The number of aromatic nitrogens is 2. The maximum Gasteiger partial charge on any atom is 0.227 e. The number of likely N-dealkylation sites (N-methyl/N-ethyl adjacent to an activating group) is 1. The topological polar surface area (TPSA) is 58.2 Å². The lowest BCUT2D eigenvalue weighted by Crippen LogP contribution is -2.27. The fourth-order valence-corrected chi connectivity index (χ4v) is 3.22. The first-order valence-electron chi connectivity index (χ1n) is 7.53. The van der Waals surface area contributed by atoms with Gasteiger partial charge in [-0.25, -0.2) is 4.98 Å². The van der Waals surface area contributed by atoms with E-state index in [0.717, 1.165) is 27.2 Å². The van der Waals surface area contributed by atoms with Gasteiger partial charge in [0.05, 0.1) is 19.6 Å². The molecule has 0 radical (unpaired) electrons. The Bertz CT molecular complexity index is 795. The van der Waals surface area contributed by atoms with Gasteiger partial charge in [0.25, 0.3) is 0 Å². The first-order chi connectivity index (χ1) is 11.2. The SMILES string of the molecule is CCOc1cccc2[nH]cc(CC(=O)N(C)Cc3nccs3)c12. The number of fused-ring (bicyclic) bond motifs is 1. The normalized spacial score (nSPS) is 10.9. The summed E-state index contributed by atoms with van der Waals surface area (Å²) in [6, 6.07) is 5.88. The molecule has 1 N–H and O–H groups in total. The van der Waals surface area contributed by atoms with Gasteiger partial charge in [-0.2, -0.15) is 0 Å². The molecule has 0 aliphatic carbocycles. The number of thiazole rings is 1. The van der Waals surface area contributed by atoms with Gasteiger partial charge in [0.15, 0.2) is 0 Å². The van der Waals surface area contributed by atoms with Crippen LogP contribution in [0.2, 0.25) is 0 Å². The van der Waals surface area contributed by atoms with Gasteiger partial charge < -0.3 is 14.6 Å². The Labute approximate surface area is 138 Å². The van der Waals surface area contributed by atoms with Crippen LogP contribution in [0.25, 0.3) is 10.9 Å². The van der Waals surface area contributed by atoms with E-state index in [1.54, 1.807) is 22.4 Å². The molecule has 0 fully saturated rings. The van der Waals surface area contributed by atoms with Crippen LogP contribution in [0.5, 0.6) is 5.75 Å². The average molecular weight is 329 g/mol. The molecule has 0 saturated carbocycles. The summed E-state index contributed by atoms with van der Waals surface area (Å²) >= 11 is 1.56. The van der Waals surface area contributed by atoms with E-state index < -0.39 is 0 Å². The highest BCUT2D eigenvalue weighted by Gasteiger charge is 2.16. The largest absolute Gasteiger partial charge is 0.493 e. The van der Waals surface area contributed by atoms with E-state index in [9.17, 15) is 4.79 Å². The minimum atomic E-state index is 0.0624. The van der Waals surface area contributed by atoms with Crippen molar-refractivity contribution in [3.63, 3.8) is 0 Å².